The normalized spacial score (nSPS) is 12.5. The summed E-state index contributed by atoms with van der Waals surface area (Å²) in [5.74, 6) is -1.02. The Morgan fingerprint density at radius 1 is 1.20 bits per heavy atom. The van der Waals surface area contributed by atoms with Crippen LogP contribution < -0.4 is 0 Å². The topological polar surface area (TPSA) is 66.0 Å². The molecule has 0 aliphatic carbocycles. The van der Waals surface area contributed by atoms with Crippen LogP contribution in [0, 0.1) is 40.9 Å². The summed E-state index contributed by atoms with van der Waals surface area (Å²) >= 11 is 0. The zero-order valence-corrected chi connectivity index (χ0v) is 9.43. The second-order valence-corrected chi connectivity index (χ2v) is 3.18. The van der Waals surface area contributed by atoms with Gasteiger partial charge in [-0.1, -0.05) is 13.3 Å². The molecule has 0 amide bonds. The van der Waals surface area contributed by atoms with E-state index < -0.39 is 12.2 Å². The van der Waals surface area contributed by atoms with E-state index >= 15 is 0 Å². The van der Waals surface area contributed by atoms with Crippen molar-refractivity contribution in [3.05, 3.63) is 6.42 Å². The molecule has 0 fully saturated rings. The number of unbranched alkanes of at least 4 members (excludes halogenated alkanes) is 1. The van der Waals surface area contributed by atoms with Gasteiger partial charge in [-0.15, -0.1) is 0 Å². The lowest BCUT2D eigenvalue weighted by molar-refractivity contribution is -0.134. The zero-order chi connectivity index (χ0) is 11.7. The van der Waals surface area contributed by atoms with E-state index in [9.17, 15) is 0 Å². The third-order valence-electron chi connectivity index (χ3n) is 2.17. The van der Waals surface area contributed by atoms with Gasteiger partial charge in [-0.25, -0.2) is 0 Å². The Bertz CT molecular complexity index is 224. The molecule has 1 unspecified atom stereocenters. The standard InChI is InChI=1S/C11H17N2O2/c1-4-5-6-10(9(7-12)8-13)11(14-2)15-3/h6,9-11H,4-5H2,1-3H3. The lowest BCUT2D eigenvalue weighted by atomic mass is 9.89. The molecule has 15 heavy (non-hydrogen) atoms. The number of rotatable bonds is 7. The average molecular weight is 209 g/mol. The van der Waals surface area contributed by atoms with Crippen LogP contribution in [0.4, 0.5) is 0 Å². The maximum atomic E-state index is 8.83. The highest BCUT2D eigenvalue weighted by atomic mass is 16.7. The van der Waals surface area contributed by atoms with Gasteiger partial charge in [0.05, 0.1) is 12.1 Å². The molecule has 0 bridgehead atoms. The van der Waals surface area contributed by atoms with E-state index in [1.807, 2.05) is 25.5 Å². The number of hydrogen-bond acceptors (Lipinski definition) is 4. The first-order chi connectivity index (χ1) is 7.24. The van der Waals surface area contributed by atoms with Gasteiger partial charge in [0.25, 0.3) is 0 Å². The molecular weight excluding hydrogens is 192 g/mol. The van der Waals surface area contributed by atoms with Gasteiger partial charge >= 0.3 is 0 Å². The molecule has 0 aliphatic heterocycles. The van der Waals surface area contributed by atoms with Crippen LogP contribution in [0.3, 0.4) is 0 Å². The molecule has 0 rings (SSSR count). The number of nitrogens with zero attached hydrogens (tertiary/aromatic N) is 2. The summed E-state index contributed by atoms with van der Waals surface area (Å²) in [4.78, 5) is 0. The Hall–Kier alpha value is -1.10. The van der Waals surface area contributed by atoms with Crippen molar-refractivity contribution in [1.82, 2.24) is 0 Å². The third-order valence-corrected chi connectivity index (χ3v) is 2.17. The van der Waals surface area contributed by atoms with Gasteiger partial charge in [0.1, 0.15) is 5.92 Å². The van der Waals surface area contributed by atoms with Gasteiger partial charge in [0.2, 0.25) is 0 Å². The number of methoxy groups -OCH3 is 2. The van der Waals surface area contributed by atoms with Crippen LogP contribution in [-0.4, -0.2) is 20.5 Å². The molecule has 83 valence electrons. The predicted octanol–water partition coefficient (Wildman–Crippen LogP) is 1.89. The molecule has 0 spiro atoms. The Labute approximate surface area is 91.4 Å². The molecule has 0 saturated carbocycles. The first-order valence-electron chi connectivity index (χ1n) is 4.93. The van der Waals surface area contributed by atoms with Crippen molar-refractivity contribution >= 4 is 0 Å². The minimum atomic E-state index is -0.721. The maximum Gasteiger partial charge on any atom is 0.162 e. The van der Waals surface area contributed by atoms with Crippen molar-refractivity contribution in [3.8, 4) is 12.1 Å². The van der Waals surface area contributed by atoms with Crippen LogP contribution in [0.25, 0.3) is 0 Å². The molecule has 0 aromatic heterocycles. The smallest absolute Gasteiger partial charge is 0.162 e. The summed E-state index contributed by atoms with van der Waals surface area (Å²) in [6.45, 7) is 2.04. The minimum absolute atomic E-state index is 0.296. The monoisotopic (exact) mass is 209 g/mol. The average Bonchev–Trinajstić information content (AvgIpc) is 2.28. The molecule has 0 saturated heterocycles. The molecule has 1 radical (unpaired) electrons. The van der Waals surface area contributed by atoms with Crippen LogP contribution in [0.5, 0.6) is 0 Å². The molecule has 4 nitrogen and oxygen atoms in total. The van der Waals surface area contributed by atoms with Gasteiger partial charge in [-0.05, 0) is 12.8 Å². The van der Waals surface area contributed by atoms with Gasteiger partial charge in [0, 0.05) is 20.1 Å². The van der Waals surface area contributed by atoms with Crippen LogP contribution in [0.15, 0.2) is 0 Å². The number of ether oxygens (including phenoxy) is 2. The molecule has 1 atom stereocenters. The Kier molecular flexibility index (Phi) is 7.62. The first kappa shape index (κ1) is 13.9. The van der Waals surface area contributed by atoms with Gasteiger partial charge in [-0.3, -0.25) is 0 Å². The lowest BCUT2D eigenvalue weighted by Crippen LogP contribution is -2.30. The van der Waals surface area contributed by atoms with E-state index in [2.05, 4.69) is 0 Å². The van der Waals surface area contributed by atoms with Gasteiger partial charge in [0.15, 0.2) is 6.29 Å². The lowest BCUT2D eigenvalue weighted by Gasteiger charge is -2.24. The Morgan fingerprint density at radius 2 is 1.73 bits per heavy atom. The van der Waals surface area contributed by atoms with E-state index in [1.165, 1.54) is 14.2 Å². The Balaban J connectivity index is 4.56. The predicted molar refractivity (Wildman–Crippen MR) is 55.2 cm³/mol. The summed E-state index contributed by atoms with van der Waals surface area (Å²) < 4.78 is 10.2. The summed E-state index contributed by atoms with van der Waals surface area (Å²) in [5.41, 5.74) is 0. The van der Waals surface area contributed by atoms with Crippen molar-refractivity contribution in [3.63, 3.8) is 0 Å². The van der Waals surface area contributed by atoms with E-state index in [0.29, 0.717) is 0 Å². The van der Waals surface area contributed by atoms with Crippen LogP contribution in [0.1, 0.15) is 19.8 Å². The second kappa shape index (κ2) is 8.23. The fourth-order valence-electron chi connectivity index (χ4n) is 1.37. The minimum Gasteiger partial charge on any atom is -0.356 e. The van der Waals surface area contributed by atoms with Crippen molar-refractivity contribution < 1.29 is 9.47 Å². The summed E-state index contributed by atoms with van der Waals surface area (Å²) in [5, 5.41) is 17.7. The van der Waals surface area contributed by atoms with E-state index in [1.54, 1.807) is 0 Å². The van der Waals surface area contributed by atoms with Crippen molar-refractivity contribution in [2.24, 2.45) is 11.8 Å². The van der Waals surface area contributed by atoms with Crippen molar-refractivity contribution in [1.29, 1.82) is 10.5 Å². The molecule has 0 aliphatic rings. The first-order valence-corrected chi connectivity index (χ1v) is 4.93. The number of nitriles is 2. The zero-order valence-electron chi connectivity index (χ0n) is 9.43. The molecule has 0 heterocycles. The largest absolute Gasteiger partial charge is 0.356 e. The second-order valence-electron chi connectivity index (χ2n) is 3.18. The fourth-order valence-corrected chi connectivity index (χ4v) is 1.37. The van der Waals surface area contributed by atoms with Crippen LogP contribution in [0.2, 0.25) is 0 Å². The molecule has 0 aromatic carbocycles. The summed E-state index contributed by atoms with van der Waals surface area (Å²) in [7, 11) is 3.01. The maximum absolute atomic E-state index is 8.83. The summed E-state index contributed by atoms with van der Waals surface area (Å²) in [6, 6.07) is 3.91. The van der Waals surface area contributed by atoms with E-state index in [0.717, 1.165) is 12.8 Å². The molecule has 4 heteroatoms. The van der Waals surface area contributed by atoms with Crippen molar-refractivity contribution in [2.45, 2.75) is 26.1 Å². The van der Waals surface area contributed by atoms with Gasteiger partial charge < -0.3 is 9.47 Å². The molecular formula is C11H17N2O2. The van der Waals surface area contributed by atoms with E-state index in [-0.39, 0.29) is 5.92 Å². The van der Waals surface area contributed by atoms with Crippen molar-refractivity contribution in [2.75, 3.05) is 14.2 Å². The Morgan fingerprint density at radius 3 is 2.07 bits per heavy atom. The molecule has 0 N–H and O–H groups in total. The highest BCUT2D eigenvalue weighted by Crippen LogP contribution is 2.23. The quantitative estimate of drug-likeness (QED) is 0.600. The van der Waals surface area contributed by atoms with Gasteiger partial charge in [-0.2, -0.15) is 10.5 Å². The van der Waals surface area contributed by atoms with Crippen LogP contribution >= 0.6 is 0 Å². The number of hydrogen-bond donors (Lipinski definition) is 0. The molecule has 0 aromatic rings. The highest BCUT2D eigenvalue weighted by molar-refractivity contribution is 5.07. The highest BCUT2D eigenvalue weighted by Gasteiger charge is 2.29. The third kappa shape index (κ3) is 4.29. The van der Waals surface area contributed by atoms with Crippen LogP contribution in [-0.2, 0) is 9.47 Å². The fraction of sp³-hybridized carbons (Fsp3) is 0.727. The summed E-state index contributed by atoms with van der Waals surface area (Å²) in [6.07, 6.45) is 3.21. The van der Waals surface area contributed by atoms with E-state index in [4.69, 9.17) is 20.0 Å². The SMILES string of the molecule is CCC[CH]C(C(C#N)C#N)C(OC)OC.